The number of ether oxygens (including phenoxy) is 1. The zero-order valence-electron chi connectivity index (χ0n) is 26.5. The number of aliphatic hydroxyl groups is 1. The van der Waals surface area contributed by atoms with E-state index in [1.807, 2.05) is 54.8 Å². The molecule has 0 unspecified atom stereocenters. The number of carbonyl (C=O) groups is 1. The monoisotopic (exact) mass is 655 g/mol. The van der Waals surface area contributed by atoms with E-state index < -0.39 is 29.7 Å². The number of aryl methyl sites for hydroxylation is 1. The lowest BCUT2D eigenvalue weighted by atomic mass is 9.97. The minimum atomic E-state index is -1.07. The molecule has 244 valence electrons. The van der Waals surface area contributed by atoms with E-state index in [4.69, 9.17) is 4.74 Å². The highest BCUT2D eigenvalue weighted by Gasteiger charge is 2.24. The predicted molar refractivity (Wildman–Crippen MR) is 184 cm³/mol. The van der Waals surface area contributed by atoms with Crippen LogP contribution in [0, 0.1) is 11.6 Å². The fraction of sp³-hybridized carbons (Fsp3) is 0.263. The van der Waals surface area contributed by atoms with E-state index in [9.17, 15) is 18.7 Å². The number of benzene rings is 4. The molecule has 3 N–H and O–H groups in total. The number of aliphatic hydroxyl groups excluding tert-OH is 1. The van der Waals surface area contributed by atoms with Crippen molar-refractivity contribution in [1.29, 1.82) is 0 Å². The highest BCUT2D eigenvalue weighted by atomic mass is 32.1. The van der Waals surface area contributed by atoms with Crippen molar-refractivity contribution in [3.8, 4) is 27.4 Å². The maximum atomic E-state index is 14.1. The van der Waals surface area contributed by atoms with Crippen LogP contribution in [-0.4, -0.2) is 41.3 Å². The Labute approximate surface area is 278 Å². The quantitative estimate of drug-likeness (QED) is 0.108. The molecule has 0 radical (unpaired) electrons. The Kier molecular flexibility index (Phi) is 11.8. The summed E-state index contributed by atoms with van der Waals surface area (Å²) in [7, 11) is 0. The molecule has 6 nitrogen and oxygen atoms in total. The number of rotatable bonds is 15. The number of para-hydroxylation sites is 1. The standard InChI is InChI=1S/C38H39F2N3O3S/c1-3-13-46-36-11-6-5-10-33(36)28-19-29(21-30(20-28)38-42-12-14-47-38)37(45)43-34(18-27-16-31(39)22-32(40)17-27)35(44)24-41-23-26-9-7-8-25(4-2)15-26/h5-12,14-17,19-22,34-35,41,44H,3-4,13,18,23-24H2,1-2H3,(H,43,45)/t34-,35+/m0/s1. The van der Waals surface area contributed by atoms with Crippen LogP contribution in [0.4, 0.5) is 8.78 Å². The smallest absolute Gasteiger partial charge is 0.251 e. The van der Waals surface area contributed by atoms with Crippen molar-refractivity contribution < 1.29 is 23.4 Å². The minimum Gasteiger partial charge on any atom is -0.493 e. The second-order valence-electron chi connectivity index (χ2n) is 11.4. The number of hydrogen-bond donors (Lipinski definition) is 3. The molecule has 47 heavy (non-hydrogen) atoms. The Balaban J connectivity index is 1.43. The van der Waals surface area contributed by atoms with Crippen LogP contribution in [0.15, 0.2) is 96.5 Å². The van der Waals surface area contributed by atoms with Gasteiger partial charge in [0.25, 0.3) is 5.91 Å². The van der Waals surface area contributed by atoms with Gasteiger partial charge < -0.3 is 20.5 Å². The SMILES string of the molecule is CCCOc1ccccc1-c1cc(C(=O)N[C@@H](Cc2cc(F)cc(F)c2)[C@H](O)CNCc2cccc(CC)c2)cc(-c2nccs2)c1. The summed E-state index contributed by atoms with van der Waals surface area (Å²) in [5.74, 6) is -1.18. The highest BCUT2D eigenvalue weighted by Crippen LogP contribution is 2.34. The molecule has 1 amide bonds. The van der Waals surface area contributed by atoms with E-state index in [1.54, 1.807) is 18.3 Å². The van der Waals surface area contributed by atoms with Crippen LogP contribution in [0.2, 0.25) is 0 Å². The third kappa shape index (κ3) is 9.32. The molecule has 0 aliphatic carbocycles. The predicted octanol–water partition coefficient (Wildman–Crippen LogP) is 7.60. The molecule has 0 fully saturated rings. The van der Waals surface area contributed by atoms with E-state index in [2.05, 4.69) is 34.7 Å². The number of amides is 1. The van der Waals surface area contributed by atoms with Crippen molar-refractivity contribution in [3.63, 3.8) is 0 Å². The second kappa shape index (κ2) is 16.4. The molecular weight excluding hydrogens is 616 g/mol. The molecule has 0 spiro atoms. The fourth-order valence-electron chi connectivity index (χ4n) is 5.43. The molecule has 5 rings (SSSR count). The molecule has 0 saturated carbocycles. The number of aromatic nitrogens is 1. The molecule has 5 aromatic rings. The molecule has 9 heteroatoms. The maximum absolute atomic E-state index is 14.1. The lowest BCUT2D eigenvalue weighted by molar-refractivity contribution is 0.0830. The van der Waals surface area contributed by atoms with Crippen molar-refractivity contribution in [3.05, 3.63) is 130 Å². The third-order valence-electron chi connectivity index (χ3n) is 7.78. The minimum absolute atomic E-state index is 0.0152. The Morgan fingerprint density at radius 3 is 2.43 bits per heavy atom. The van der Waals surface area contributed by atoms with Gasteiger partial charge in [-0.1, -0.05) is 56.3 Å². The van der Waals surface area contributed by atoms with Gasteiger partial charge in [0.15, 0.2) is 0 Å². The van der Waals surface area contributed by atoms with Gasteiger partial charge in [-0.2, -0.15) is 0 Å². The normalized spacial score (nSPS) is 12.4. The topological polar surface area (TPSA) is 83.5 Å². The summed E-state index contributed by atoms with van der Waals surface area (Å²) in [6.45, 7) is 5.34. The van der Waals surface area contributed by atoms with E-state index >= 15 is 0 Å². The van der Waals surface area contributed by atoms with Crippen molar-refractivity contribution >= 4 is 17.2 Å². The molecule has 2 atom stereocenters. The number of nitrogens with zero attached hydrogens (tertiary/aromatic N) is 1. The largest absolute Gasteiger partial charge is 0.493 e. The number of nitrogens with one attached hydrogen (secondary N) is 2. The van der Waals surface area contributed by atoms with Crippen LogP contribution in [0.3, 0.4) is 0 Å². The lowest BCUT2D eigenvalue weighted by Crippen LogP contribution is -2.48. The average Bonchev–Trinajstić information content (AvgIpc) is 3.62. The molecule has 1 aromatic heterocycles. The summed E-state index contributed by atoms with van der Waals surface area (Å²) in [6.07, 6.45) is 2.42. The molecule has 0 saturated heterocycles. The fourth-order valence-corrected chi connectivity index (χ4v) is 6.06. The summed E-state index contributed by atoms with van der Waals surface area (Å²) in [6, 6.07) is 23.7. The molecule has 0 bridgehead atoms. The Morgan fingerprint density at radius 1 is 0.915 bits per heavy atom. The Hall–Kier alpha value is -4.44. The van der Waals surface area contributed by atoms with Crippen molar-refractivity contribution in [1.82, 2.24) is 15.6 Å². The number of carbonyl (C=O) groups excluding carboxylic acids is 1. The second-order valence-corrected chi connectivity index (χ2v) is 12.3. The van der Waals surface area contributed by atoms with E-state index in [1.165, 1.54) is 29.0 Å². The number of thiazole rings is 1. The van der Waals surface area contributed by atoms with Gasteiger partial charge in [-0.3, -0.25) is 4.79 Å². The van der Waals surface area contributed by atoms with Crippen LogP contribution in [0.5, 0.6) is 5.75 Å². The van der Waals surface area contributed by atoms with E-state index in [-0.39, 0.29) is 13.0 Å². The van der Waals surface area contributed by atoms with Crippen molar-refractivity contribution in [2.75, 3.05) is 13.2 Å². The van der Waals surface area contributed by atoms with E-state index in [0.717, 1.165) is 46.2 Å². The van der Waals surface area contributed by atoms with Gasteiger partial charge in [0.2, 0.25) is 0 Å². The zero-order valence-corrected chi connectivity index (χ0v) is 27.3. The average molecular weight is 656 g/mol. The summed E-state index contributed by atoms with van der Waals surface area (Å²) in [5, 5.41) is 20.2. The third-order valence-corrected chi connectivity index (χ3v) is 8.60. The molecular formula is C38H39F2N3O3S. The first-order chi connectivity index (χ1) is 22.8. The van der Waals surface area contributed by atoms with Gasteiger partial charge in [-0.15, -0.1) is 11.3 Å². The maximum Gasteiger partial charge on any atom is 0.251 e. The first kappa shape index (κ1) is 33.9. The molecule has 0 aliphatic heterocycles. The highest BCUT2D eigenvalue weighted by molar-refractivity contribution is 7.13. The summed E-state index contributed by atoms with van der Waals surface area (Å²) in [5.41, 5.74) is 5.31. The molecule has 4 aromatic carbocycles. The lowest BCUT2D eigenvalue weighted by Gasteiger charge is -2.25. The summed E-state index contributed by atoms with van der Waals surface area (Å²) in [4.78, 5) is 18.4. The molecule has 0 aliphatic rings. The van der Waals surface area contributed by atoms with Crippen molar-refractivity contribution in [2.45, 2.75) is 51.8 Å². The Bertz CT molecular complexity index is 1760. The first-order valence-corrected chi connectivity index (χ1v) is 16.7. The van der Waals surface area contributed by atoms with Crippen LogP contribution >= 0.6 is 11.3 Å². The van der Waals surface area contributed by atoms with Gasteiger partial charge in [0.05, 0.1) is 18.8 Å². The number of hydrogen-bond acceptors (Lipinski definition) is 6. The van der Waals surface area contributed by atoms with Crippen LogP contribution in [0.1, 0.15) is 47.3 Å². The van der Waals surface area contributed by atoms with Crippen LogP contribution in [-0.2, 0) is 19.4 Å². The van der Waals surface area contributed by atoms with Gasteiger partial charge in [0.1, 0.15) is 22.4 Å². The number of halogens is 2. The van der Waals surface area contributed by atoms with Gasteiger partial charge in [0, 0.05) is 47.4 Å². The molecule has 1 heterocycles. The van der Waals surface area contributed by atoms with Crippen LogP contribution < -0.4 is 15.4 Å². The van der Waals surface area contributed by atoms with Gasteiger partial charge in [-0.25, -0.2) is 13.8 Å². The van der Waals surface area contributed by atoms with Gasteiger partial charge >= 0.3 is 0 Å². The summed E-state index contributed by atoms with van der Waals surface area (Å²) >= 11 is 1.46. The van der Waals surface area contributed by atoms with Crippen molar-refractivity contribution in [2.24, 2.45) is 0 Å². The summed E-state index contributed by atoms with van der Waals surface area (Å²) < 4.78 is 34.3. The van der Waals surface area contributed by atoms with Crippen LogP contribution in [0.25, 0.3) is 21.7 Å². The first-order valence-electron chi connectivity index (χ1n) is 15.8. The Morgan fingerprint density at radius 2 is 1.68 bits per heavy atom. The van der Waals surface area contributed by atoms with E-state index in [0.29, 0.717) is 30.0 Å². The zero-order chi connectivity index (χ0) is 33.2. The van der Waals surface area contributed by atoms with Gasteiger partial charge in [-0.05, 0) is 77.9 Å².